The van der Waals surface area contributed by atoms with Crippen LogP contribution < -0.4 is 5.32 Å². The first-order chi connectivity index (χ1) is 9.55. The highest BCUT2D eigenvalue weighted by molar-refractivity contribution is 4.81. The number of hydrogen-bond acceptors (Lipinski definition) is 2. The molecule has 3 nitrogen and oxygen atoms in total. The molecule has 3 heteroatoms. The summed E-state index contributed by atoms with van der Waals surface area (Å²) in [6, 6.07) is 1.99. The van der Waals surface area contributed by atoms with E-state index in [1.807, 2.05) is 23.1 Å². The van der Waals surface area contributed by atoms with E-state index in [0.717, 1.165) is 24.9 Å². The van der Waals surface area contributed by atoms with Gasteiger partial charge in [0.1, 0.15) is 0 Å². The molecule has 0 unspecified atom stereocenters. The summed E-state index contributed by atoms with van der Waals surface area (Å²) in [6.07, 6.45) is 10.7. The molecule has 0 saturated heterocycles. The van der Waals surface area contributed by atoms with Crippen LogP contribution in [0.5, 0.6) is 0 Å². The van der Waals surface area contributed by atoms with Gasteiger partial charge in [-0.3, -0.25) is 4.68 Å². The molecule has 1 aromatic heterocycles. The number of nitrogens with zero attached hydrogens (tertiary/aromatic N) is 2. The molecular formula is C17H31N3. The van der Waals surface area contributed by atoms with Crippen molar-refractivity contribution in [3.05, 3.63) is 18.5 Å². The normalized spacial score (nSPS) is 23.9. The monoisotopic (exact) mass is 277 g/mol. The van der Waals surface area contributed by atoms with Gasteiger partial charge in [-0.25, -0.2) is 0 Å². The van der Waals surface area contributed by atoms with E-state index in [1.165, 1.54) is 38.6 Å². The molecule has 1 heterocycles. The average molecular weight is 277 g/mol. The highest BCUT2D eigenvalue weighted by atomic mass is 15.3. The highest BCUT2D eigenvalue weighted by Crippen LogP contribution is 2.39. The lowest BCUT2D eigenvalue weighted by atomic mass is 9.70. The molecule has 1 fully saturated rings. The van der Waals surface area contributed by atoms with Crippen LogP contribution in [0.15, 0.2) is 18.5 Å². The summed E-state index contributed by atoms with van der Waals surface area (Å²) in [5.74, 6) is 1.83. The molecule has 0 aromatic carbocycles. The van der Waals surface area contributed by atoms with Crippen LogP contribution in [0.4, 0.5) is 0 Å². The van der Waals surface area contributed by atoms with E-state index in [2.05, 4.69) is 31.2 Å². The highest BCUT2D eigenvalue weighted by Gasteiger charge is 2.29. The summed E-state index contributed by atoms with van der Waals surface area (Å²) in [5, 5.41) is 7.85. The van der Waals surface area contributed by atoms with Crippen LogP contribution in [0.3, 0.4) is 0 Å². The molecule has 0 bridgehead atoms. The van der Waals surface area contributed by atoms with Gasteiger partial charge in [0.05, 0.1) is 0 Å². The molecule has 20 heavy (non-hydrogen) atoms. The van der Waals surface area contributed by atoms with Crippen LogP contribution in [0.1, 0.15) is 52.9 Å². The van der Waals surface area contributed by atoms with E-state index in [-0.39, 0.29) is 0 Å². The van der Waals surface area contributed by atoms with Crippen LogP contribution in [0.25, 0.3) is 0 Å². The first-order valence-electron chi connectivity index (χ1n) is 8.24. The smallest absolute Gasteiger partial charge is 0.0489 e. The topological polar surface area (TPSA) is 29.9 Å². The second-order valence-electron chi connectivity index (χ2n) is 7.41. The fraction of sp³-hybridized carbons (Fsp3) is 0.824. The van der Waals surface area contributed by atoms with Crippen LogP contribution in [-0.2, 0) is 6.54 Å². The summed E-state index contributed by atoms with van der Waals surface area (Å²) < 4.78 is 2.01. The lowest BCUT2D eigenvalue weighted by Gasteiger charge is -2.37. The molecule has 1 saturated carbocycles. The number of aryl methyl sites for hydroxylation is 1. The van der Waals surface area contributed by atoms with Crippen molar-refractivity contribution >= 4 is 0 Å². The summed E-state index contributed by atoms with van der Waals surface area (Å²) in [6.45, 7) is 10.5. The zero-order valence-electron chi connectivity index (χ0n) is 13.4. The quantitative estimate of drug-likeness (QED) is 0.803. The van der Waals surface area contributed by atoms with Crippen molar-refractivity contribution in [2.45, 2.75) is 59.4 Å². The second-order valence-corrected chi connectivity index (χ2v) is 7.41. The van der Waals surface area contributed by atoms with Crippen molar-refractivity contribution in [2.24, 2.45) is 17.3 Å². The molecule has 0 atom stereocenters. The lowest BCUT2D eigenvalue weighted by molar-refractivity contribution is 0.149. The SMILES string of the molecule is CC(C)(C)C1CCC(CNCCCn2cccn2)CC1. The Bertz CT molecular complexity index is 356. The van der Waals surface area contributed by atoms with E-state index >= 15 is 0 Å². The standard InChI is InChI=1S/C17H31N3/c1-17(2,3)16-8-6-15(7-9-16)14-18-10-4-12-20-13-5-11-19-20/h5,11,13,15-16,18H,4,6-10,12,14H2,1-3H3. The Labute approximate surface area is 124 Å². The third-order valence-corrected chi connectivity index (χ3v) is 4.80. The van der Waals surface area contributed by atoms with Crippen LogP contribution in [0.2, 0.25) is 0 Å². The van der Waals surface area contributed by atoms with Crippen molar-refractivity contribution in [3.8, 4) is 0 Å². The number of nitrogens with one attached hydrogen (secondary N) is 1. The van der Waals surface area contributed by atoms with Crippen molar-refractivity contribution in [2.75, 3.05) is 13.1 Å². The largest absolute Gasteiger partial charge is 0.316 e. The van der Waals surface area contributed by atoms with Crippen LogP contribution in [0, 0.1) is 17.3 Å². The van der Waals surface area contributed by atoms with Crippen LogP contribution >= 0.6 is 0 Å². The van der Waals surface area contributed by atoms with Crippen molar-refractivity contribution < 1.29 is 0 Å². The lowest BCUT2D eigenvalue weighted by Crippen LogP contribution is -2.31. The van der Waals surface area contributed by atoms with Gasteiger partial charge in [0.15, 0.2) is 0 Å². The molecule has 1 aromatic rings. The second kappa shape index (κ2) is 7.26. The van der Waals surface area contributed by atoms with E-state index in [9.17, 15) is 0 Å². The van der Waals surface area contributed by atoms with Crippen molar-refractivity contribution in [1.29, 1.82) is 0 Å². The summed E-state index contributed by atoms with van der Waals surface area (Å²) in [5.41, 5.74) is 0.502. The van der Waals surface area contributed by atoms with Gasteiger partial charge in [-0.15, -0.1) is 0 Å². The van der Waals surface area contributed by atoms with E-state index in [1.54, 1.807) is 0 Å². The van der Waals surface area contributed by atoms with Gasteiger partial charge in [-0.1, -0.05) is 20.8 Å². The van der Waals surface area contributed by atoms with Gasteiger partial charge in [-0.2, -0.15) is 5.10 Å². The summed E-state index contributed by atoms with van der Waals surface area (Å²) >= 11 is 0. The van der Waals surface area contributed by atoms with Gasteiger partial charge in [0.25, 0.3) is 0 Å². The molecule has 2 rings (SSSR count). The Kier molecular flexibility index (Phi) is 5.64. The predicted molar refractivity (Wildman–Crippen MR) is 84.6 cm³/mol. The third-order valence-electron chi connectivity index (χ3n) is 4.80. The zero-order chi connectivity index (χ0) is 14.4. The van der Waals surface area contributed by atoms with Gasteiger partial charge in [0, 0.05) is 18.9 Å². The molecule has 1 aliphatic rings. The predicted octanol–water partition coefficient (Wildman–Crippen LogP) is 3.72. The zero-order valence-corrected chi connectivity index (χ0v) is 13.4. The molecule has 0 aliphatic heterocycles. The summed E-state index contributed by atoms with van der Waals surface area (Å²) in [4.78, 5) is 0. The van der Waals surface area contributed by atoms with Gasteiger partial charge in [0.2, 0.25) is 0 Å². The molecule has 1 N–H and O–H groups in total. The number of rotatable bonds is 6. The summed E-state index contributed by atoms with van der Waals surface area (Å²) in [7, 11) is 0. The number of aromatic nitrogens is 2. The molecule has 0 amide bonds. The Morgan fingerprint density at radius 2 is 1.95 bits per heavy atom. The Morgan fingerprint density at radius 1 is 1.20 bits per heavy atom. The Hall–Kier alpha value is -0.830. The number of hydrogen-bond donors (Lipinski definition) is 1. The van der Waals surface area contributed by atoms with Crippen molar-refractivity contribution in [3.63, 3.8) is 0 Å². The minimum Gasteiger partial charge on any atom is -0.316 e. The first-order valence-corrected chi connectivity index (χ1v) is 8.24. The fourth-order valence-electron chi connectivity index (χ4n) is 3.34. The fourth-order valence-corrected chi connectivity index (χ4v) is 3.34. The molecule has 114 valence electrons. The minimum absolute atomic E-state index is 0.502. The van der Waals surface area contributed by atoms with Gasteiger partial charge < -0.3 is 5.32 Å². The van der Waals surface area contributed by atoms with E-state index in [4.69, 9.17) is 0 Å². The van der Waals surface area contributed by atoms with Gasteiger partial charge >= 0.3 is 0 Å². The van der Waals surface area contributed by atoms with Gasteiger partial charge in [-0.05, 0) is 68.5 Å². The first kappa shape index (κ1) is 15.6. The van der Waals surface area contributed by atoms with E-state index < -0.39 is 0 Å². The van der Waals surface area contributed by atoms with Crippen molar-refractivity contribution in [1.82, 2.24) is 15.1 Å². The molecule has 0 radical (unpaired) electrons. The maximum absolute atomic E-state index is 4.22. The van der Waals surface area contributed by atoms with Crippen LogP contribution in [-0.4, -0.2) is 22.9 Å². The molecule has 0 spiro atoms. The Morgan fingerprint density at radius 3 is 2.55 bits per heavy atom. The third kappa shape index (κ3) is 4.93. The Balaban J connectivity index is 1.53. The maximum Gasteiger partial charge on any atom is 0.0489 e. The van der Waals surface area contributed by atoms with E-state index in [0.29, 0.717) is 5.41 Å². The molecular weight excluding hydrogens is 246 g/mol. The minimum atomic E-state index is 0.502. The average Bonchev–Trinajstić information content (AvgIpc) is 2.91. The molecule has 1 aliphatic carbocycles. The maximum atomic E-state index is 4.22.